The molecule has 5 nitrogen and oxygen atoms in total. The fourth-order valence-corrected chi connectivity index (χ4v) is 2.23. The zero-order valence-electron chi connectivity index (χ0n) is 13.1. The number of aryl methyl sites for hydroxylation is 1. The summed E-state index contributed by atoms with van der Waals surface area (Å²) in [6.07, 6.45) is 0. The van der Waals surface area contributed by atoms with E-state index in [2.05, 4.69) is 21.4 Å². The van der Waals surface area contributed by atoms with Crippen molar-refractivity contribution in [2.45, 2.75) is 19.9 Å². The topological polar surface area (TPSA) is 56.5 Å². The largest absolute Gasteiger partial charge is 0.466 e. The number of carbonyl (C=O) groups is 1. The number of rotatable bonds is 4. The molecule has 0 saturated carbocycles. The normalized spacial score (nSPS) is 13.2. The second kappa shape index (κ2) is 6.09. The van der Waals surface area contributed by atoms with Gasteiger partial charge in [-0.05, 0) is 32.0 Å². The van der Waals surface area contributed by atoms with Gasteiger partial charge in [0.2, 0.25) is 0 Å². The maximum Gasteiger partial charge on any atom is 0.335 e. The molecule has 0 N–H and O–H groups in total. The SMILES string of the molecule is C=C(C(=O)OC)C(C)N=C(C)c1nn(C)c2cc(F)ccc12. The number of methoxy groups -OCH3 is 1. The number of hydrogen-bond acceptors (Lipinski definition) is 4. The highest BCUT2D eigenvalue weighted by atomic mass is 19.1. The first kappa shape index (κ1) is 15.9. The molecular formula is C16H18FN3O2. The summed E-state index contributed by atoms with van der Waals surface area (Å²) in [6.45, 7) is 7.25. The van der Waals surface area contributed by atoms with E-state index >= 15 is 0 Å². The Balaban J connectivity index is 2.41. The van der Waals surface area contributed by atoms with Gasteiger partial charge in [-0.2, -0.15) is 5.10 Å². The van der Waals surface area contributed by atoms with Crippen LogP contribution in [0.5, 0.6) is 0 Å². The van der Waals surface area contributed by atoms with Crippen LogP contribution in [-0.2, 0) is 16.6 Å². The van der Waals surface area contributed by atoms with Crippen LogP contribution in [0.15, 0.2) is 35.3 Å². The van der Waals surface area contributed by atoms with Gasteiger partial charge in [0.1, 0.15) is 11.5 Å². The molecule has 1 aromatic heterocycles. The highest BCUT2D eigenvalue weighted by Gasteiger charge is 2.17. The molecule has 0 fully saturated rings. The van der Waals surface area contributed by atoms with E-state index in [1.807, 2.05) is 0 Å². The highest BCUT2D eigenvalue weighted by Crippen LogP contribution is 2.20. The summed E-state index contributed by atoms with van der Waals surface area (Å²) in [5.74, 6) is -0.805. The van der Waals surface area contributed by atoms with E-state index < -0.39 is 12.0 Å². The van der Waals surface area contributed by atoms with Crippen LogP contribution in [0.2, 0.25) is 0 Å². The predicted molar refractivity (Wildman–Crippen MR) is 83.5 cm³/mol. The van der Waals surface area contributed by atoms with Gasteiger partial charge in [-0.15, -0.1) is 0 Å². The Morgan fingerprint density at radius 2 is 2.18 bits per heavy atom. The van der Waals surface area contributed by atoms with E-state index in [0.29, 0.717) is 16.9 Å². The number of carbonyl (C=O) groups excluding carboxylic acids is 1. The Morgan fingerprint density at radius 1 is 1.50 bits per heavy atom. The van der Waals surface area contributed by atoms with Crippen LogP contribution in [-0.4, -0.2) is 34.6 Å². The summed E-state index contributed by atoms with van der Waals surface area (Å²) in [5, 5.41) is 5.19. The lowest BCUT2D eigenvalue weighted by Crippen LogP contribution is -2.15. The molecule has 0 aliphatic rings. The fraction of sp³-hybridized carbons (Fsp3) is 0.312. The fourth-order valence-electron chi connectivity index (χ4n) is 2.23. The lowest BCUT2D eigenvalue weighted by Gasteiger charge is -2.09. The lowest BCUT2D eigenvalue weighted by atomic mass is 10.1. The summed E-state index contributed by atoms with van der Waals surface area (Å²) < 4.78 is 19.6. The van der Waals surface area contributed by atoms with Crippen LogP contribution in [0, 0.1) is 5.82 Å². The molecule has 2 rings (SSSR count). The van der Waals surface area contributed by atoms with Crippen LogP contribution in [0.25, 0.3) is 10.9 Å². The third-order valence-corrected chi connectivity index (χ3v) is 3.50. The minimum absolute atomic E-state index is 0.271. The molecule has 2 aromatic rings. The molecule has 6 heteroatoms. The van der Waals surface area contributed by atoms with E-state index in [9.17, 15) is 9.18 Å². The molecule has 22 heavy (non-hydrogen) atoms. The zero-order valence-corrected chi connectivity index (χ0v) is 13.1. The number of aromatic nitrogens is 2. The number of aliphatic imine (C=N–C) groups is 1. The van der Waals surface area contributed by atoms with E-state index in [4.69, 9.17) is 0 Å². The van der Waals surface area contributed by atoms with Gasteiger partial charge in [0.25, 0.3) is 0 Å². The maximum absolute atomic E-state index is 13.3. The van der Waals surface area contributed by atoms with Gasteiger partial charge in [0.15, 0.2) is 0 Å². The third-order valence-electron chi connectivity index (χ3n) is 3.50. The van der Waals surface area contributed by atoms with Crippen molar-refractivity contribution in [2.75, 3.05) is 7.11 Å². The Labute approximate surface area is 128 Å². The van der Waals surface area contributed by atoms with Gasteiger partial charge in [-0.3, -0.25) is 9.67 Å². The van der Waals surface area contributed by atoms with Gasteiger partial charge >= 0.3 is 5.97 Å². The summed E-state index contributed by atoms with van der Waals surface area (Å²) in [7, 11) is 3.05. The molecule has 0 aliphatic heterocycles. The number of halogens is 1. The first-order chi connectivity index (χ1) is 10.3. The number of hydrogen-bond donors (Lipinski definition) is 0. The highest BCUT2D eigenvalue weighted by molar-refractivity contribution is 6.08. The molecule has 1 heterocycles. The summed E-state index contributed by atoms with van der Waals surface area (Å²) >= 11 is 0. The Kier molecular flexibility index (Phi) is 4.40. The molecule has 116 valence electrons. The lowest BCUT2D eigenvalue weighted by molar-refractivity contribution is -0.136. The van der Waals surface area contributed by atoms with E-state index in [1.54, 1.807) is 31.6 Å². The zero-order chi connectivity index (χ0) is 16.4. The molecule has 1 unspecified atom stereocenters. The molecule has 0 amide bonds. The number of nitrogens with zero attached hydrogens (tertiary/aromatic N) is 3. The molecule has 0 aliphatic carbocycles. The van der Waals surface area contributed by atoms with E-state index in [0.717, 1.165) is 5.39 Å². The van der Waals surface area contributed by atoms with Gasteiger partial charge in [-0.1, -0.05) is 6.58 Å². The second-order valence-corrected chi connectivity index (χ2v) is 5.04. The number of ether oxygens (including phenoxy) is 1. The molecule has 0 saturated heterocycles. The monoisotopic (exact) mass is 303 g/mol. The average Bonchev–Trinajstić information content (AvgIpc) is 2.82. The van der Waals surface area contributed by atoms with Crippen molar-refractivity contribution < 1.29 is 13.9 Å². The molecule has 0 bridgehead atoms. The summed E-state index contributed by atoms with van der Waals surface area (Å²) in [6, 6.07) is 4.06. The summed E-state index contributed by atoms with van der Waals surface area (Å²) in [4.78, 5) is 15.9. The Morgan fingerprint density at radius 3 is 2.82 bits per heavy atom. The van der Waals surface area contributed by atoms with Crippen LogP contribution >= 0.6 is 0 Å². The van der Waals surface area contributed by atoms with E-state index in [-0.39, 0.29) is 11.4 Å². The van der Waals surface area contributed by atoms with Crippen LogP contribution in [0.1, 0.15) is 19.5 Å². The first-order valence-corrected chi connectivity index (χ1v) is 6.79. The van der Waals surface area contributed by atoms with Gasteiger partial charge in [0.05, 0.1) is 30.0 Å². The van der Waals surface area contributed by atoms with Gasteiger partial charge in [0, 0.05) is 12.4 Å². The van der Waals surface area contributed by atoms with Crippen LogP contribution in [0.4, 0.5) is 4.39 Å². The molecule has 0 radical (unpaired) electrons. The third kappa shape index (κ3) is 2.90. The second-order valence-electron chi connectivity index (χ2n) is 5.04. The van der Waals surface area contributed by atoms with Gasteiger partial charge in [-0.25, -0.2) is 9.18 Å². The number of fused-ring (bicyclic) bond motifs is 1. The molecule has 1 atom stereocenters. The average molecular weight is 303 g/mol. The minimum atomic E-state index is -0.489. The molecular weight excluding hydrogens is 285 g/mol. The van der Waals surface area contributed by atoms with Crippen molar-refractivity contribution in [2.24, 2.45) is 12.0 Å². The van der Waals surface area contributed by atoms with Crippen molar-refractivity contribution in [3.05, 3.63) is 41.9 Å². The van der Waals surface area contributed by atoms with Crippen molar-refractivity contribution in [3.8, 4) is 0 Å². The van der Waals surface area contributed by atoms with Crippen molar-refractivity contribution in [1.29, 1.82) is 0 Å². The summed E-state index contributed by atoms with van der Waals surface area (Å²) in [5.41, 5.74) is 2.26. The van der Waals surface area contributed by atoms with Crippen molar-refractivity contribution >= 4 is 22.6 Å². The number of esters is 1. The first-order valence-electron chi connectivity index (χ1n) is 6.79. The van der Waals surface area contributed by atoms with Crippen LogP contribution in [0.3, 0.4) is 0 Å². The molecule has 0 spiro atoms. The van der Waals surface area contributed by atoms with Gasteiger partial charge < -0.3 is 4.74 Å². The predicted octanol–water partition coefficient (Wildman–Crippen LogP) is 2.64. The molecule has 1 aromatic carbocycles. The quantitative estimate of drug-likeness (QED) is 0.495. The standard InChI is InChI=1S/C16H18FN3O2/c1-9(16(21)22-5)10(2)18-11(3)15-13-7-6-12(17)8-14(13)20(4)19-15/h6-8,10H,1H2,2-5H3. The minimum Gasteiger partial charge on any atom is -0.466 e. The Hall–Kier alpha value is -2.50. The Bertz CT molecular complexity index is 777. The van der Waals surface area contributed by atoms with Crippen LogP contribution < -0.4 is 0 Å². The van der Waals surface area contributed by atoms with Crippen molar-refractivity contribution in [3.63, 3.8) is 0 Å². The van der Waals surface area contributed by atoms with E-state index in [1.165, 1.54) is 19.2 Å². The van der Waals surface area contributed by atoms with Crippen molar-refractivity contribution in [1.82, 2.24) is 9.78 Å². The maximum atomic E-state index is 13.3. The number of benzene rings is 1. The smallest absolute Gasteiger partial charge is 0.335 e.